The van der Waals surface area contributed by atoms with Crippen molar-refractivity contribution in [1.29, 1.82) is 0 Å². The summed E-state index contributed by atoms with van der Waals surface area (Å²) in [6.45, 7) is 0. The molecule has 0 saturated carbocycles. The molecule has 2 atom stereocenters. The summed E-state index contributed by atoms with van der Waals surface area (Å²) in [5.74, 6) is 2.03. The Balaban J connectivity index is 1.91. The molecule has 1 saturated heterocycles. The molecule has 0 aliphatic carbocycles. The van der Waals surface area contributed by atoms with Gasteiger partial charge in [0, 0.05) is 17.3 Å². The maximum atomic E-state index is 11.0. The van der Waals surface area contributed by atoms with Gasteiger partial charge in [-0.15, -0.1) is 0 Å². The van der Waals surface area contributed by atoms with Crippen LogP contribution in [0.3, 0.4) is 0 Å². The highest BCUT2D eigenvalue weighted by Crippen LogP contribution is 2.24. The minimum atomic E-state index is -0.566. The Bertz CT molecular complexity index is 353. The molecule has 0 spiro atoms. The maximum Gasteiger partial charge on any atom is 0.508 e. The molecule has 1 aliphatic rings. The van der Waals surface area contributed by atoms with E-state index in [2.05, 4.69) is 29.0 Å². The minimum Gasteiger partial charge on any atom is -0.438 e. The van der Waals surface area contributed by atoms with Crippen LogP contribution in [0.5, 0.6) is 0 Å². The summed E-state index contributed by atoms with van der Waals surface area (Å²) in [6, 6.07) is 10.4. The number of rotatable bonds is 2. The molecule has 1 heterocycles. The molecule has 4 heteroatoms. The highest BCUT2D eigenvalue weighted by molar-refractivity contribution is 7.97. The van der Waals surface area contributed by atoms with Gasteiger partial charge in [-0.2, -0.15) is 0 Å². The van der Waals surface area contributed by atoms with Gasteiger partial charge in [0.05, 0.1) is 7.11 Å². The third-order valence-corrected chi connectivity index (χ3v) is 5.02. The fraction of sp³-hybridized carbons (Fsp3) is 0.417. The van der Waals surface area contributed by atoms with Gasteiger partial charge in [-0.1, -0.05) is 18.2 Å². The molecule has 0 aromatic heterocycles. The fourth-order valence-electron chi connectivity index (χ4n) is 1.77. The van der Waals surface area contributed by atoms with Crippen molar-refractivity contribution in [3.05, 3.63) is 30.3 Å². The van der Waals surface area contributed by atoms with Crippen LogP contribution in [-0.2, 0) is 20.4 Å². The largest absolute Gasteiger partial charge is 0.508 e. The van der Waals surface area contributed by atoms with E-state index in [9.17, 15) is 4.79 Å². The van der Waals surface area contributed by atoms with Crippen LogP contribution in [0.1, 0.15) is 6.42 Å². The first-order valence-electron chi connectivity index (χ1n) is 5.26. The zero-order valence-electron chi connectivity index (χ0n) is 9.22. The monoisotopic (exact) mass is 239 g/mol. The van der Waals surface area contributed by atoms with Gasteiger partial charge in [-0.25, -0.2) is 4.79 Å². The molecular weight excluding hydrogens is 224 g/mol. The van der Waals surface area contributed by atoms with Gasteiger partial charge in [-0.3, -0.25) is 0 Å². The minimum absolute atomic E-state index is 0.0241. The normalized spacial score (nSPS) is 24.1. The number of ether oxygens (including phenoxy) is 2. The molecule has 0 radical (unpaired) electrons. The van der Waals surface area contributed by atoms with Crippen molar-refractivity contribution in [1.82, 2.24) is 0 Å². The summed E-state index contributed by atoms with van der Waals surface area (Å²) in [5, 5.41) is 0. The highest BCUT2D eigenvalue weighted by Gasteiger charge is 2.36. The molecule has 86 valence electrons. The molecule has 0 amide bonds. The molecule has 2 unspecified atom stereocenters. The third kappa shape index (κ3) is 2.70. The molecule has 3 nitrogen and oxygen atoms in total. The lowest BCUT2D eigenvalue weighted by Crippen LogP contribution is -2.19. The van der Waals surface area contributed by atoms with E-state index in [-0.39, 0.29) is 17.0 Å². The lowest BCUT2D eigenvalue weighted by atomic mass is 10.3. The summed E-state index contributed by atoms with van der Waals surface area (Å²) in [4.78, 5) is 12.3. The van der Waals surface area contributed by atoms with E-state index in [1.54, 1.807) is 0 Å². The highest BCUT2D eigenvalue weighted by atomic mass is 32.2. The Kier molecular flexibility index (Phi) is 3.72. The standard InChI is InChI=1S/C12H15O3S/c1-14-12(13)15-10-7-8-16(9-10)11-5-3-2-4-6-11/h2-6,10H,7-9H2,1H3/q+1. The van der Waals surface area contributed by atoms with Gasteiger partial charge in [-0.05, 0) is 12.1 Å². The second-order valence-electron chi connectivity index (χ2n) is 3.66. The summed E-state index contributed by atoms with van der Waals surface area (Å²) >= 11 is 0. The Morgan fingerprint density at radius 1 is 1.38 bits per heavy atom. The van der Waals surface area contributed by atoms with Crippen LogP contribution in [0.4, 0.5) is 4.79 Å². The summed E-state index contributed by atoms with van der Waals surface area (Å²) in [5.41, 5.74) is 0. The van der Waals surface area contributed by atoms with Crippen LogP contribution in [0.15, 0.2) is 35.2 Å². The van der Waals surface area contributed by atoms with Crippen molar-refractivity contribution in [2.24, 2.45) is 0 Å². The number of methoxy groups -OCH3 is 1. The molecular formula is C12H15O3S+. The van der Waals surface area contributed by atoms with Crippen LogP contribution < -0.4 is 0 Å². The number of hydrogen-bond donors (Lipinski definition) is 0. The van der Waals surface area contributed by atoms with E-state index in [1.807, 2.05) is 6.07 Å². The molecule has 1 fully saturated rings. The fourth-order valence-corrected chi connectivity index (χ4v) is 4.14. The lowest BCUT2D eigenvalue weighted by molar-refractivity contribution is 0.0460. The topological polar surface area (TPSA) is 35.5 Å². The van der Waals surface area contributed by atoms with Crippen molar-refractivity contribution in [3.8, 4) is 0 Å². The first-order valence-corrected chi connectivity index (χ1v) is 6.83. The van der Waals surface area contributed by atoms with Gasteiger partial charge in [0.1, 0.15) is 5.75 Å². The third-order valence-electron chi connectivity index (χ3n) is 2.58. The van der Waals surface area contributed by atoms with Gasteiger partial charge in [0.15, 0.2) is 16.8 Å². The van der Waals surface area contributed by atoms with Crippen molar-refractivity contribution in [2.75, 3.05) is 18.6 Å². The molecule has 0 N–H and O–H groups in total. The Hall–Kier alpha value is -1.16. The number of benzene rings is 1. The average Bonchev–Trinajstić information content (AvgIpc) is 2.78. The smallest absolute Gasteiger partial charge is 0.438 e. The van der Waals surface area contributed by atoms with Gasteiger partial charge in [0.2, 0.25) is 0 Å². The van der Waals surface area contributed by atoms with Gasteiger partial charge < -0.3 is 9.47 Å². The maximum absolute atomic E-state index is 11.0. The molecule has 1 aliphatic heterocycles. The number of carbonyl (C=O) groups excluding carboxylic acids is 1. The van der Waals surface area contributed by atoms with Crippen LogP contribution in [0.25, 0.3) is 0 Å². The van der Waals surface area contributed by atoms with E-state index < -0.39 is 6.16 Å². The van der Waals surface area contributed by atoms with Crippen molar-refractivity contribution in [3.63, 3.8) is 0 Å². The molecule has 1 aromatic carbocycles. The van der Waals surface area contributed by atoms with Crippen molar-refractivity contribution < 1.29 is 14.3 Å². The van der Waals surface area contributed by atoms with Crippen LogP contribution in [-0.4, -0.2) is 30.9 Å². The summed E-state index contributed by atoms with van der Waals surface area (Å²) < 4.78 is 9.65. The quantitative estimate of drug-likeness (QED) is 0.586. The van der Waals surface area contributed by atoms with E-state index >= 15 is 0 Å². The second-order valence-corrected chi connectivity index (χ2v) is 5.86. The molecule has 2 rings (SSSR count). The molecule has 1 aromatic rings. The van der Waals surface area contributed by atoms with Crippen molar-refractivity contribution in [2.45, 2.75) is 17.4 Å². The zero-order chi connectivity index (χ0) is 11.4. The predicted molar refractivity (Wildman–Crippen MR) is 63.7 cm³/mol. The van der Waals surface area contributed by atoms with Gasteiger partial charge >= 0.3 is 6.16 Å². The lowest BCUT2D eigenvalue weighted by Gasteiger charge is -2.06. The Morgan fingerprint density at radius 2 is 2.12 bits per heavy atom. The summed E-state index contributed by atoms with van der Waals surface area (Å²) in [6.07, 6.45) is 0.395. The average molecular weight is 239 g/mol. The van der Waals surface area contributed by atoms with Crippen LogP contribution in [0.2, 0.25) is 0 Å². The van der Waals surface area contributed by atoms with Crippen LogP contribution in [0, 0.1) is 0 Å². The zero-order valence-corrected chi connectivity index (χ0v) is 10.0. The summed E-state index contributed by atoms with van der Waals surface area (Å²) in [7, 11) is 1.57. The van der Waals surface area contributed by atoms with E-state index in [0.717, 1.165) is 17.9 Å². The Labute approximate surface area is 98.1 Å². The predicted octanol–water partition coefficient (Wildman–Crippen LogP) is 2.22. The van der Waals surface area contributed by atoms with E-state index in [0.29, 0.717) is 0 Å². The van der Waals surface area contributed by atoms with E-state index in [4.69, 9.17) is 4.74 Å². The SMILES string of the molecule is COC(=O)OC1CC[S+](c2ccccc2)C1. The first kappa shape index (κ1) is 11.3. The van der Waals surface area contributed by atoms with Crippen molar-refractivity contribution >= 4 is 17.1 Å². The number of hydrogen-bond acceptors (Lipinski definition) is 3. The molecule has 0 bridgehead atoms. The van der Waals surface area contributed by atoms with Gasteiger partial charge in [0.25, 0.3) is 0 Å². The number of carbonyl (C=O) groups is 1. The molecule has 16 heavy (non-hydrogen) atoms. The van der Waals surface area contributed by atoms with E-state index in [1.165, 1.54) is 12.0 Å². The second kappa shape index (κ2) is 5.25. The first-order chi connectivity index (χ1) is 7.79. The Morgan fingerprint density at radius 3 is 2.81 bits per heavy atom. The van der Waals surface area contributed by atoms with Crippen LogP contribution >= 0.6 is 0 Å².